The quantitative estimate of drug-likeness (QED) is 0.664. The lowest BCUT2D eigenvalue weighted by molar-refractivity contribution is -0.384. The second-order valence-corrected chi connectivity index (χ2v) is 4.09. The number of aromatic nitrogens is 2. The Bertz CT molecular complexity index is 672. The second-order valence-electron chi connectivity index (χ2n) is 4.09. The van der Waals surface area contributed by atoms with Gasteiger partial charge in [0.2, 0.25) is 0 Å². The van der Waals surface area contributed by atoms with Crippen LogP contribution in [0, 0.1) is 21.4 Å². The maximum Gasteiger partial charge on any atom is 0.293 e. The normalized spacial score (nSPS) is 10.0. The third kappa shape index (κ3) is 2.75. The molecule has 2 aromatic rings. The van der Waals surface area contributed by atoms with Crippen LogP contribution in [-0.2, 0) is 13.1 Å². The Morgan fingerprint density at radius 3 is 2.95 bits per heavy atom. The van der Waals surface area contributed by atoms with Crippen molar-refractivity contribution >= 4 is 11.4 Å². The first-order chi connectivity index (χ1) is 9.65. The number of nitro groups is 1. The Labute approximate surface area is 115 Å². The van der Waals surface area contributed by atoms with Crippen molar-refractivity contribution < 1.29 is 4.92 Å². The molecule has 0 saturated carbocycles. The summed E-state index contributed by atoms with van der Waals surface area (Å²) >= 11 is 0. The molecule has 0 fully saturated rings. The molecular formula is C13H13N5O2. The zero-order valence-corrected chi connectivity index (χ0v) is 10.9. The largest absolute Gasteiger partial charge is 0.374 e. The van der Waals surface area contributed by atoms with Crippen molar-refractivity contribution in [1.29, 1.82) is 5.26 Å². The fourth-order valence-electron chi connectivity index (χ4n) is 1.88. The van der Waals surface area contributed by atoms with Gasteiger partial charge in [-0.25, -0.2) is 0 Å². The molecule has 0 unspecified atom stereocenters. The van der Waals surface area contributed by atoms with Crippen molar-refractivity contribution in [2.24, 2.45) is 0 Å². The highest BCUT2D eigenvalue weighted by Crippen LogP contribution is 2.25. The highest BCUT2D eigenvalue weighted by Gasteiger charge is 2.14. The van der Waals surface area contributed by atoms with Crippen molar-refractivity contribution in [1.82, 2.24) is 9.78 Å². The molecule has 0 aliphatic carbocycles. The van der Waals surface area contributed by atoms with Gasteiger partial charge in [-0.1, -0.05) is 0 Å². The fraction of sp³-hybridized carbons (Fsp3) is 0.231. The van der Waals surface area contributed by atoms with Crippen molar-refractivity contribution in [3.8, 4) is 6.07 Å². The van der Waals surface area contributed by atoms with Gasteiger partial charge < -0.3 is 5.32 Å². The molecule has 0 amide bonds. The van der Waals surface area contributed by atoms with Gasteiger partial charge in [0.1, 0.15) is 5.69 Å². The van der Waals surface area contributed by atoms with E-state index in [2.05, 4.69) is 10.4 Å². The van der Waals surface area contributed by atoms with E-state index < -0.39 is 4.92 Å². The van der Waals surface area contributed by atoms with Gasteiger partial charge in [0, 0.05) is 18.8 Å². The molecule has 0 radical (unpaired) electrons. The van der Waals surface area contributed by atoms with Gasteiger partial charge in [-0.3, -0.25) is 14.8 Å². The van der Waals surface area contributed by atoms with Crippen LogP contribution in [0.1, 0.15) is 18.2 Å². The predicted molar refractivity (Wildman–Crippen MR) is 73.0 cm³/mol. The number of hydrogen-bond acceptors (Lipinski definition) is 5. The number of nitrogens with zero attached hydrogens (tertiary/aromatic N) is 4. The summed E-state index contributed by atoms with van der Waals surface area (Å²) in [5, 5.41) is 26.9. The maximum absolute atomic E-state index is 11.0. The van der Waals surface area contributed by atoms with Crippen LogP contribution in [0.25, 0.3) is 0 Å². The van der Waals surface area contributed by atoms with Gasteiger partial charge >= 0.3 is 0 Å². The van der Waals surface area contributed by atoms with Crippen molar-refractivity contribution in [3.05, 3.63) is 51.8 Å². The molecular weight excluding hydrogens is 258 g/mol. The van der Waals surface area contributed by atoms with E-state index in [0.717, 1.165) is 12.2 Å². The summed E-state index contributed by atoms with van der Waals surface area (Å²) in [6.07, 6.45) is 1.69. The zero-order chi connectivity index (χ0) is 14.5. The minimum atomic E-state index is -0.500. The highest BCUT2D eigenvalue weighted by atomic mass is 16.6. The minimum Gasteiger partial charge on any atom is -0.374 e. The molecule has 0 bridgehead atoms. The summed E-state index contributed by atoms with van der Waals surface area (Å²) in [6.45, 7) is 3.14. The molecule has 1 aromatic heterocycles. The van der Waals surface area contributed by atoms with Crippen molar-refractivity contribution in [2.75, 3.05) is 5.32 Å². The van der Waals surface area contributed by atoms with E-state index in [1.54, 1.807) is 18.3 Å². The second kappa shape index (κ2) is 5.84. The number of rotatable bonds is 5. The lowest BCUT2D eigenvalue weighted by atomic mass is 10.2. The van der Waals surface area contributed by atoms with Crippen molar-refractivity contribution in [3.63, 3.8) is 0 Å². The Morgan fingerprint density at radius 1 is 1.50 bits per heavy atom. The summed E-state index contributed by atoms with van der Waals surface area (Å²) in [4.78, 5) is 10.5. The predicted octanol–water partition coefficient (Wildman–Crippen LogP) is 2.29. The first-order valence-electron chi connectivity index (χ1n) is 6.08. The lowest BCUT2D eigenvalue weighted by Gasteiger charge is -2.08. The maximum atomic E-state index is 11.0. The number of nitro benzene ring substituents is 1. The molecule has 1 heterocycles. The zero-order valence-electron chi connectivity index (χ0n) is 10.9. The molecule has 0 atom stereocenters. The van der Waals surface area contributed by atoms with Gasteiger partial charge in [-0.05, 0) is 25.1 Å². The third-order valence-electron chi connectivity index (χ3n) is 2.89. The SMILES string of the molecule is CCn1nccc1CNc1ccc(C#N)cc1[N+](=O)[O-]. The Kier molecular flexibility index (Phi) is 3.96. The van der Waals surface area contributed by atoms with Crippen LogP contribution >= 0.6 is 0 Å². The van der Waals surface area contributed by atoms with Gasteiger partial charge in [0.25, 0.3) is 5.69 Å². The topological polar surface area (TPSA) is 96.8 Å². The first-order valence-corrected chi connectivity index (χ1v) is 6.08. The minimum absolute atomic E-state index is 0.105. The molecule has 1 N–H and O–H groups in total. The Morgan fingerprint density at radius 2 is 2.30 bits per heavy atom. The van der Waals surface area contributed by atoms with E-state index in [9.17, 15) is 10.1 Å². The van der Waals surface area contributed by atoms with Gasteiger partial charge in [0.05, 0.1) is 28.8 Å². The molecule has 7 nitrogen and oxygen atoms in total. The number of anilines is 1. The molecule has 2 rings (SSSR count). The van der Waals surface area contributed by atoms with Crippen LogP contribution in [0.3, 0.4) is 0 Å². The molecule has 7 heteroatoms. The van der Waals surface area contributed by atoms with E-state index in [-0.39, 0.29) is 11.3 Å². The average molecular weight is 271 g/mol. The number of benzene rings is 1. The van der Waals surface area contributed by atoms with Crippen LogP contribution in [-0.4, -0.2) is 14.7 Å². The lowest BCUT2D eigenvalue weighted by Crippen LogP contribution is -2.09. The number of aryl methyl sites for hydroxylation is 1. The fourth-order valence-corrected chi connectivity index (χ4v) is 1.88. The molecule has 0 saturated heterocycles. The van der Waals surface area contributed by atoms with Gasteiger partial charge in [-0.2, -0.15) is 10.4 Å². The Hall–Kier alpha value is -2.88. The molecule has 1 aromatic carbocycles. The van der Waals surface area contributed by atoms with E-state index in [1.807, 2.05) is 23.7 Å². The molecule has 0 aliphatic rings. The smallest absolute Gasteiger partial charge is 0.293 e. The number of nitrogens with one attached hydrogen (secondary N) is 1. The summed E-state index contributed by atoms with van der Waals surface area (Å²) in [5.74, 6) is 0. The highest BCUT2D eigenvalue weighted by molar-refractivity contribution is 5.64. The third-order valence-corrected chi connectivity index (χ3v) is 2.89. The molecule has 0 spiro atoms. The van der Waals surface area contributed by atoms with Crippen LogP contribution in [0.5, 0.6) is 0 Å². The van der Waals surface area contributed by atoms with E-state index in [4.69, 9.17) is 5.26 Å². The van der Waals surface area contributed by atoms with E-state index in [0.29, 0.717) is 12.2 Å². The Balaban J connectivity index is 2.21. The molecule has 20 heavy (non-hydrogen) atoms. The summed E-state index contributed by atoms with van der Waals surface area (Å²) in [7, 11) is 0. The van der Waals surface area contributed by atoms with Gasteiger partial charge in [-0.15, -0.1) is 0 Å². The van der Waals surface area contributed by atoms with Gasteiger partial charge in [0.15, 0.2) is 0 Å². The van der Waals surface area contributed by atoms with E-state index in [1.165, 1.54) is 6.07 Å². The standard InChI is InChI=1S/C13H13N5O2/c1-2-17-11(5-6-16-17)9-15-12-4-3-10(8-14)7-13(12)18(19)20/h3-7,15H,2,9H2,1H3. The summed E-state index contributed by atoms with van der Waals surface area (Å²) in [6, 6.07) is 8.10. The van der Waals surface area contributed by atoms with Crippen molar-refractivity contribution in [2.45, 2.75) is 20.0 Å². The van der Waals surface area contributed by atoms with Crippen LogP contribution in [0.4, 0.5) is 11.4 Å². The first kappa shape index (κ1) is 13.5. The summed E-state index contributed by atoms with van der Waals surface area (Å²) in [5.41, 5.74) is 1.48. The molecule has 102 valence electrons. The average Bonchev–Trinajstić information content (AvgIpc) is 2.92. The van der Waals surface area contributed by atoms with Crippen LogP contribution in [0.15, 0.2) is 30.5 Å². The van der Waals surface area contributed by atoms with Crippen LogP contribution in [0.2, 0.25) is 0 Å². The number of nitriles is 1. The monoisotopic (exact) mass is 271 g/mol. The number of hydrogen-bond donors (Lipinski definition) is 1. The molecule has 0 aliphatic heterocycles. The van der Waals surface area contributed by atoms with Crippen LogP contribution < -0.4 is 5.32 Å². The summed E-state index contributed by atoms with van der Waals surface area (Å²) < 4.78 is 1.81. The van der Waals surface area contributed by atoms with E-state index >= 15 is 0 Å².